The fraction of sp³-hybridized carbons (Fsp3) is 0.368. The highest BCUT2D eigenvalue weighted by molar-refractivity contribution is 7.99. The fourth-order valence-corrected chi connectivity index (χ4v) is 3.99. The van der Waals surface area contributed by atoms with Crippen LogP contribution < -0.4 is 5.32 Å². The van der Waals surface area contributed by atoms with Gasteiger partial charge in [0.2, 0.25) is 0 Å². The Kier molecular flexibility index (Phi) is 8.91. The summed E-state index contributed by atoms with van der Waals surface area (Å²) in [5, 5.41) is 5.47. The molecular weight excluding hydrogens is 395 g/mol. The molecule has 25 heavy (non-hydrogen) atoms. The van der Waals surface area contributed by atoms with Crippen molar-refractivity contribution in [2.45, 2.75) is 29.2 Å². The van der Waals surface area contributed by atoms with E-state index in [9.17, 15) is 0 Å². The van der Waals surface area contributed by atoms with Crippen LogP contribution in [0, 0.1) is 0 Å². The van der Waals surface area contributed by atoms with Gasteiger partial charge in [-0.25, -0.2) is 0 Å². The van der Waals surface area contributed by atoms with Crippen molar-refractivity contribution in [3.63, 3.8) is 0 Å². The molecule has 2 aromatic carbocycles. The molecule has 136 valence electrons. The van der Waals surface area contributed by atoms with Crippen molar-refractivity contribution in [2.75, 3.05) is 27.2 Å². The molecule has 0 aliphatic carbocycles. The highest BCUT2D eigenvalue weighted by atomic mass is 35.5. The molecule has 0 saturated heterocycles. The molecule has 6 heteroatoms. The van der Waals surface area contributed by atoms with E-state index in [0.717, 1.165) is 34.4 Å². The van der Waals surface area contributed by atoms with E-state index in [0.29, 0.717) is 10.0 Å². The second-order valence-corrected chi connectivity index (χ2v) is 8.46. The van der Waals surface area contributed by atoms with E-state index in [1.165, 1.54) is 18.4 Å². The summed E-state index contributed by atoms with van der Waals surface area (Å²) >= 11 is 20.2. The van der Waals surface area contributed by atoms with Crippen LogP contribution in [0.4, 0.5) is 0 Å². The molecule has 2 rings (SSSR count). The van der Waals surface area contributed by atoms with Crippen LogP contribution >= 0.6 is 46.6 Å². The van der Waals surface area contributed by atoms with Gasteiger partial charge in [-0.1, -0.05) is 52.6 Å². The van der Waals surface area contributed by atoms with Crippen molar-refractivity contribution < 1.29 is 0 Å². The number of rotatable bonds is 9. The quantitative estimate of drug-likeness (QED) is 0.487. The summed E-state index contributed by atoms with van der Waals surface area (Å²) in [5.41, 5.74) is 1.18. The summed E-state index contributed by atoms with van der Waals surface area (Å²) in [5.74, 6) is 0. The Hall–Kier alpha value is -0.420. The zero-order valence-corrected chi connectivity index (χ0v) is 17.6. The lowest BCUT2D eigenvalue weighted by molar-refractivity contribution is 0.391. The predicted octanol–water partition coefficient (Wildman–Crippen LogP) is 6.23. The normalized spacial score (nSPS) is 11.3. The van der Waals surface area contributed by atoms with Crippen LogP contribution in [0.2, 0.25) is 15.1 Å². The molecule has 0 aliphatic rings. The predicted molar refractivity (Wildman–Crippen MR) is 112 cm³/mol. The maximum atomic E-state index is 6.44. The van der Waals surface area contributed by atoms with Gasteiger partial charge < -0.3 is 10.2 Å². The van der Waals surface area contributed by atoms with Crippen molar-refractivity contribution >= 4 is 46.6 Å². The van der Waals surface area contributed by atoms with E-state index in [-0.39, 0.29) is 0 Å². The number of nitrogens with one attached hydrogen (secondary N) is 1. The standard InChI is InChI=1S/C19H23Cl3N2S/c1-24(2)10-4-3-9-23-13-14-5-7-18(16(21)11-14)25-19-8-6-15(20)12-17(19)22/h5-8,11-12,23H,3-4,9-10,13H2,1-2H3. The Morgan fingerprint density at radius 3 is 2.24 bits per heavy atom. The van der Waals surface area contributed by atoms with Crippen molar-refractivity contribution in [3.8, 4) is 0 Å². The summed E-state index contributed by atoms with van der Waals surface area (Å²) in [7, 11) is 4.21. The maximum Gasteiger partial charge on any atom is 0.0560 e. The summed E-state index contributed by atoms with van der Waals surface area (Å²) < 4.78 is 0. The second kappa shape index (κ2) is 10.7. The topological polar surface area (TPSA) is 15.3 Å². The highest BCUT2D eigenvalue weighted by Gasteiger charge is 2.08. The van der Waals surface area contributed by atoms with E-state index in [1.807, 2.05) is 24.3 Å². The number of hydrogen-bond acceptors (Lipinski definition) is 3. The van der Waals surface area contributed by atoms with Gasteiger partial charge in [0.25, 0.3) is 0 Å². The zero-order chi connectivity index (χ0) is 18.2. The Morgan fingerprint density at radius 1 is 0.920 bits per heavy atom. The molecule has 0 heterocycles. The van der Waals surface area contributed by atoms with Crippen LogP contribution in [0.5, 0.6) is 0 Å². The molecular formula is C19H23Cl3N2S. The van der Waals surface area contributed by atoms with Crippen LogP contribution in [0.1, 0.15) is 18.4 Å². The number of benzene rings is 2. The zero-order valence-electron chi connectivity index (χ0n) is 14.5. The first-order chi connectivity index (χ1) is 12.0. The molecule has 0 fully saturated rings. The van der Waals surface area contributed by atoms with Crippen molar-refractivity contribution in [1.82, 2.24) is 10.2 Å². The Labute approximate surface area is 169 Å². The third-order valence-electron chi connectivity index (χ3n) is 3.65. The molecule has 2 aromatic rings. The van der Waals surface area contributed by atoms with E-state index in [4.69, 9.17) is 34.8 Å². The molecule has 1 N–H and O–H groups in total. The van der Waals surface area contributed by atoms with Crippen LogP contribution in [0.3, 0.4) is 0 Å². The average Bonchev–Trinajstić information content (AvgIpc) is 2.55. The molecule has 0 aromatic heterocycles. The third-order valence-corrected chi connectivity index (χ3v) is 5.88. The molecule has 0 saturated carbocycles. The Balaban J connectivity index is 1.85. The van der Waals surface area contributed by atoms with Crippen LogP contribution in [0.25, 0.3) is 0 Å². The lowest BCUT2D eigenvalue weighted by Gasteiger charge is -2.11. The molecule has 0 bridgehead atoms. The van der Waals surface area contributed by atoms with Gasteiger partial charge in [0, 0.05) is 21.4 Å². The minimum absolute atomic E-state index is 0.632. The van der Waals surface area contributed by atoms with Gasteiger partial charge in [-0.05, 0) is 75.9 Å². The minimum Gasteiger partial charge on any atom is -0.313 e. The largest absolute Gasteiger partial charge is 0.313 e. The van der Waals surface area contributed by atoms with Gasteiger partial charge >= 0.3 is 0 Å². The molecule has 0 spiro atoms. The monoisotopic (exact) mass is 416 g/mol. The molecule has 0 aliphatic heterocycles. The maximum absolute atomic E-state index is 6.44. The summed E-state index contributed by atoms with van der Waals surface area (Å²) in [6, 6.07) is 11.6. The van der Waals surface area contributed by atoms with Gasteiger partial charge in [0.1, 0.15) is 0 Å². The number of nitrogens with zero attached hydrogens (tertiary/aromatic N) is 1. The second-order valence-electron chi connectivity index (χ2n) is 6.13. The van der Waals surface area contributed by atoms with Gasteiger partial charge in [0.15, 0.2) is 0 Å². The first-order valence-corrected chi connectivity index (χ1v) is 10.2. The molecule has 2 nitrogen and oxygen atoms in total. The number of halogens is 3. The summed E-state index contributed by atoms with van der Waals surface area (Å²) in [4.78, 5) is 4.14. The Bertz CT molecular complexity index is 692. The van der Waals surface area contributed by atoms with Crippen LogP contribution in [0.15, 0.2) is 46.2 Å². The minimum atomic E-state index is 0.632. The van der Waals surface area contributed by atoms with Gasteiger partial charge in [-0.3, -0.25) is 0 Å². The van der Waals surface area contributed by atoms with Gasteiger partial charge in [-0.15, -0.1) is 0 Å². The van der Waals surface area contributed by atoms with Gasteiger partial charge in [-0.2, -0.15) is 0 Å². The third kappa shape index (κ3) is 7.38. The van der Waals surface area contributed by atoms with E-state index in [2.05, 4.69) is 30.4 Å². The van der Waals surface area contributed by atoms with Crippen LogP contribution in [-0.2, 0) is 6.54 Å². The first kappa shape index (κ1) is 20.9. The average molecular weight is 418 g/mol. The summed E-state index contributed by atoms with van der Waals surface area (Å²) in [6.45, 7) is 2.98. The molecule has 0 amide bonds. The van der Waals surface area contributed by atoms with Crippen molar-refractivity contribution in [2.24, 2.45) is 0 Å². The first-order valence-electron chi connectivity index (χ1n) is 8.22. The number of unbranched alkanes of at least 4 members (excludes halogenated alkanes) is 1. The SMILES string of the molecule is CN(C)CCCCNCc1ccc(Sc2ccc(Cl)cc2Cl)c(Cl)c1. The summed E-state index contributed by atoms with van der Waals surface area (Å²) in [6.07, 6.45) is 2.38. The highest BCUT2D eigenvalue weighted by Crippen LogP contribution is 2.38. The van der Waals surface area contributed by atoms with Crippen LogP contribution in [-0.4, -0.2) is 32.1 Å². The number of hydrogen-bond donors (Lipinski definition) is 1. The van der Waals surface area contributed by atoms with Gasteiger partial charge in [0.05, 0.1) is 10.0 Å². The fourth-order valence-electron chi connectivity index (χ4n) is 2.32. The van der Waals surface area contributed by atoms with Crippen molar-refractivity contribution in [1.29, 1.82) is 0 Å². The smallest absolute Gasteiger partial charge is 0.0560 e. The lowest BCUT2D eigenvalue weighted by Crippen LogP contribution is -2.18. The van der Waals surface area contributed by atoms with E-state index < -0.39 is 0 Å². The molecule has 0 radical (unpaired) electrons. The van der Waals surface area contributed by atoms with E-state index >= 15 is 0 Å². The lowest BCUT2D eigenvalue weighted by atomic mass is 10.2. The molecule has 0 unspecified atom stereocenters. The van der Waals surface area contributed by atoms with E-state index in [1.54, 1.807) is 17.8 Å². The van der Waals surface area contributed by atoms with Crippen molar-refractivity contribution in [3.05, 3.63) is 57.0 Å². The Morgan fingerprint density at radius 2 is 1.60 bits per heavy atom. The molecule has 0 atom stereocenters.